The molecule has 0 atom stereocenters. The molecule has 1 saturated heterocycles. The van der Waals surface area contributed by atoms with E-state index in [0.717, 1.165) is 49.5 Å². The van der Waals surface area contributed by atoms with Crippen LogP contribution in [0.3, 0.4) is 0 Å². The normalized spacial score (nSPS) is 18.1. The van der Waals surface area contributed by atoms with Crippen molar-refractivity contribution in [3.8, 4) is 0 Å². The maximum atomic E-state index is 13.4. The molecular formula is C25H33FN4O. The topological polar surface area (TPSA) is 38.8 Å². The molecule has 1 fully saturated rings. The Hall–Kier alpha value is -2.60. The predicted molar refractivity (Wildman–Crippen MR) is 125 cm³/mol. The van der Waals surface area contributed by atoms with E-state index in [1.54, 1.807) is 12.1 Å². The zero-order valence-electron chi connectivity index (χ0n) is 18.8. The van der Waals surface area contributed by atoms with Gasteiger partial charge in [-0.3, -0.25) is 9.80 Å². The van der Waals surface area contributed by atoms with Gasteiger partial charge in [0.05, 0.1) is 11.4 Å². The molecule has 4 rings (SSSR count). The van der Waals surface area contributed by atoms with E-state index >= 15 is 0 Å². The summed E-state index contributed by atoms with van der Waals surface area (Å²) in [5, 5.41) is 3.18. The Kier molecular flexibility index (Phi) is 6.19. The highest BCUT2D eigenvalue weighted by molar-refractivity contribution is 5.97. The first-order chi connectivity index (χ1) is 14.8. The van der Waals surface area contributed by atoms with Gasteiger partial charge in [-0.15, -0.1) is 0 Å². The van der Waals surface area contributed by atoms with Crippen molar-refractivity contribution in [1.82, 2.24) is 10.2 Å². The van der Waals surface area contributed by atoms with Crippen LogP contribution in [0.25, 0.3) is 0 Å². The maximum absolute atomic E-state index is 13.4. The van der Waals surface area contributed by atoms with Crippen LogP contribution in [0.4, 0.5) is 26.2 Å². The largest absolute Gasteiger partial charge is 0.338 e. The van der Waals surface area contributed by atoms with Crippen molar-refractivity contribution in [2.75, 3.05) is 42.5 Å². The first kappa shape index (κ1) is 21.6. The van der Waals surface area contributed by atoms with Gasteiger partial charge in [-0.05, 0) is 89.0 Å². The van der Waals surface area contributed by atoms with E-state index in [9.17, 15) is 9.18 Å². The first-order valence-corrected chi connectivity index (χ1v) is 11.3. The second kappa shape index (κ2) is 8.87. The van der Waals surface area contributed by atoms with Crippen LogP contribution in [-0.2, 0) is 0 Å². The molecule has 166 valence electrons. The molecule has 0 aliphatic carbocycles. The van der Waals surface area contributed by atoms with Gasteiger partial charge >= 0.3 is 6.03 Å². The van der Waals surface area contributed by atoms with Crippen molar-refractivity contribution in [2.45, 2.75) is 39.2 Å². The summed E-state index contributed by atoms with van der Waals surface area (Å²) >= 11 is 0. The second-order valence-electron chi connectivity index (χ2n) is 9.56. The lowest BCUT2D eigenvalue weighted by Crippen LogP contribution is -2.50. The molecule has 0 bridgehead atoms. The average molecular weight is 425 g/mol. The second-order valence-corrected chi connectivity index (χ2v) is 9.56. The van der Waals surface area contributed by atoms with Crippen LogP contribution in [0, 0.1) is 11.7 Å². The number of likely N-dealkylation sites (tertiary alicyclic amines) is 1. The van der Waals surface area contributed by atoms with Crippen LogP contribution >= 0.6 is 0 Å². The molecule has 2 amide bonds. The number of fused-ring (bicyclic) bond motifs is 1. The number of nitrogens with zero attached hydrogens (tertiary/aromatic N) is 3. The number of halogens is 1. The third kappa shape index (κ3) is 4.85. The molecule has 0 radical (unpaired) electrons. The van der Waals surface area contributed by atoms with Crippen molar-refractivity contribution in [3.05, 3.63) is 54.3 Å². The minimum atomic E-state index is -0.247. The minimum absolute atomic E-state index is 0.0375. The van der Waals surface area contributed by atoms with E-state index in [2.05, 4.69) is 35.9 Å². The number of hydrogen-bond acceptors (Lipinski definition) is 3. The van der Waals surface area contributed by atoms with Crippen LogP contribution in [0.5, 0.6) is 0 Å². The zero-order chi connectivity index (χ0) is 22.0. The molecule has 2 aliphatic rings. The lowest BCUT2D eigenvalue weighted by molar-refractivity contribution is 0.0878. The van der Waals surface area contributed by atoms with Gasteiger partial charge in [0, 0.05) is 30.9 Å². The zero-order valence-corrected chi connectivity index (χ0v) is 18.8. The Morgan fingerprint density at radius 2 is 1.61 bits per heavy atom. The molecule has 6 heteroatoms. The Bertz CT molecular complexity index is 900. The molecule has 2 aromatic carbocycles. The fourth-order valence-electron chi connectivity index (χ4n) is 4.60. The smallest absolute Gasteiger partial charge is 0.322 e. The van der Waals surface area contributed by atoms with Crippen molar-refractivity contribution in [1.29, 1.82) is 0 Å². The van der Waals surface area contributed by atoms with E-state index in [1.165, 1.54) is 12.1 Å². The average Bonchev–Trinajstić information content (AvgIpc) is 2.77. The van der Waals surface area contributed by atoms with Gasteiger partial charge in [0.25, 0.3) is 0 Å². The standard InChI is InChI=1S/C25H33FN4O/c1-25(2,3)28-14-12-19(13-15-28)18-27-24(31)30-17-16-29(21-10-8-20(26)9-11-21)22-6-4-5-7-23(22)30/h4-11,19H,12-18H2,1-3H3,(H,27,31). The molecule has 0 aromatic heterocycles. The van der Waals surface area contributed by atoms with E-state index in [1.807, 2.05) is 29.2 Å². The summed E-state index contributed by atoms with van der Waals surface area (Å²) in [6.45, 7) is 10.9. The summed E-state index contributed by atoms with van der Waals surface area (Å²) in [7, 11) is 0. The fraction of sp³-hybridized carbons (Fsp3) is 0.480. The third-order valence-electron chi connectivity index (χ3n) is 6.50. The summed E-state index contributed by atoms with van der Waals surface area (Å²) in [4.78, 5) is 19.5. The number of piperidine rings is 1. The highest BCUT2D eigenvalue weighted by atomic mass is 19.1. The van der Waals surface area contributed by atoms with Gasteiger partial charge in [0.15, 0.2) is 0 Å². The summed E-state index contributed by atoms with van der Waals surface area (Å²) in [6.07, 6.45) is 2.24. The van der Waals surface area contributed by atoms with Gasteiger partial charge in [-0.1, -0.05) is 12.1 Å². The molecule has 5 nitrogen and oxygen atoms in total. The molecule has 1 N–H and O–H groups in total. The summed E-state index contributed by atoms with van der Waals surface area (Å²) < 4.78 is 13.4. The lowest BCUT2D eigenvalue weighted by atomic mass is 9.93. The van der Waals surface area contributed by atoms with Crippen LogP contribution in [0.2, 0.25) is 0 Å². The summed E-state index contributed by atoms with van der Waals surface area (Å²) in [5.74, 6) is 0.279. The Labute approximate surface area is 184 Å². The highest BCUT2D eigenvalue weighted by Gasteiger charge is 2.29. The Morgan fingerprint density at radius 3 is 2.26 bits per heavy atom. The molecule has 2 heterocycles. The van der Waals surface area contributed by atoms with E-state index < -0.39 is 0 Å². The van der Waals surface area contributed by atoms with Crippen molar-refractivity contribution >= 4 is 23.1 Å². The number of carbonyl (C=O) groups is 1. The number of benzene rings is 2. The molecule has 2 aromatic rings. The number of para-hydroxylation sites is 2. The van der Waals surface area contributed by atoms with E-state index in [0.29, 0.717) is 19.0 Å². The number of urea groups is 1. The van der Waals surface area contributed by atoms with Gasteiger partial charge in [-0.25, -0.2) is 9.18 Å². The van der Waals surface area contributed by atoms with Gasteiger partial charge < -0.3 is 10.2 Å². The molecule has 0 spiro atoms. The summed E-state index contributed by atoms with van der Waals surface area (Å²) in [5.41, 5.74) is 2.99. The highest BCUT2D eigenvalue weighted by Crippen LogP contribution is 2.37. The van der Waals surface area contributed by atoms with E-state index in [-0.39, 0.29) is 17.4 Å². The van der Waals surface area contributed by atoms with Gasteiger partial charge in [-0.2, -0.15) is 0 Å². The number of anilines is 3. The lowest BCUT2D eigenvalue weighted by Gasteiger charge is -2.41. The van der Waals surface area contributed by atoms with Crippen LogP contribution < -0.4 is 15.1 Å². The Balaban J connectivity index is 1.40. The van der Waals surface area contributed by atoms with Crippen molar-refractivity contribution in [3.63, 3.8) is 0 Å². The molecular weight excluding hydrogens is 391 g/mol. The molecule has 2 aliphatic heterocycles. The van der Waals surface area contributed by atoms with Crippen molar-refractivity contribution < 1.29 is 9.18 Å². The van der Waals surface area contributed by atoms with Crippen LogP contribution in [0.1, 0.15) is 33.6 Å². The Morgan fingerprint density at radius 1 is 0.968 bits per heavy atom. The quantitative estimate of drug-likeness (QED) is 0.753. The third-order valence-corrected chi connectivity index (χ3v) is 6.50. The summed E-state index contributed by atoms with van der Waals surface area (Å²) in [6, 6.07) is 14.4. The molecule has 0 unspecified atom stereocenters. The number of carbonyl (C=O) groups excluding carboxylic acids is 1. The monoisotopic (exact) mass is 424 g/mol. The maximum Gasteiger partial charge on any atom is 0.322 e. The predicted octanol–water partition coefficient (Wildman–Crippen LogP) is 5.00. The van der Waals surface area contributed by atoms with Gasteiger partial charge in [0.2, 0.25) is 0 Å². The first-order valence-electron chi connectivity index (χ1n) is 11.3. The fourth-order valence-corrected chi connectivity index (χ4v) is 4.60. The van der Waals surface area contributed by atoms with Gasteiger partial charge in [0.1, 0.15) is 5.82 Å². The van der Waals surface area contributed by atoms with Crippen LogP contribution in [0.15, 0.2) is 48.5 Å². The number of hydrogen-bond donors (Lipinski definition) is 1. The molecule has 0 saturated carbocycles. The van der Waals surface area contributed by atoms with Crippen LogP contribution in [-0.4, -0.2) is 49.2 Å². The van der Waals surface area contributed by atoms with Crippen molar-refractivity contribution in [2.24, 2.45) is 5.92 Å². The number of nitrogens with one attached hydrogen (secondary N) is 1. The number of rotatable bonds is 3. The minimum Gasteiger partial charge on any atom is -0.338 e. The molecule has 31 heavy (non-hydrogen) atoms. The number of amides is 2. The van der Waals surface area contributed by atoms with E-state index in [4.69, 9.17) is 0 Å². The SMILES string of the molecule is CC(C)(C)N1CCC(CNC(=O)N2CCN(c3ccc(F)cc3)c3ccccc32)CC1.